The Bertz CT molecular complexity index is 1050. The molecule has 1 unspecified atom stereocenters. The number of amides is 1. The fourth-order valence-electron chi connectivity index (χ4n) is 4.68. The second-order valence-corrected chi connectivity index (χ2v) is 8.27. The zero-order valence-electron chi connectivity index (χ0n) is 16.9. The molecule has 0 N–H and O–H groups in total. The summed E-state index contributed by atoms with van der Waals surface area (Å²) >= 11 is 0. The van der Waals surface area contributed by atoms with Crippen molar-refractivity contribution >= 4 is 5.91 Å². The van der Waals surface area contributed by atoms with E-state index in [1.807, 2.05) is 29.2 Å². The second kappa shape index (κ2) is 8.04. The molecule has 5 rings (SSSR count). The Kier molecular flexibility index (Phi) is 5.09. The summed E-state index contributed by atoms with van der Waals surface area (Å²) in [5.41, 5.74) is 5.52. The summed E-state index contributed by atoms with van der Waals surface area (Å²) < 4.78 is 13.1. The van der Waals surface area contributed by atoms with Crippen LogP contribution in [0.15, 0.2) is 72.8 Å². The molecule has 3 nitrogen and oxygen atoms in total. The highest BCUT2D eigenvalue weighted by molar-refractivity contribution is 5.95. The predicted molar refractivity (Wildman–Crippen MR) is 117 cm³/mol. The highest BCUT2D eigenvalue weighted by atomic mass is 19.1. The molecule has 2 heterocycles. The fourth-order valence-corrected chi connectivity index (χ4v) is 4.68. The summed E-state index contributed by atoms with van der Waals surface area (Å²) in [4.78, 5) is 17.5. The monoisotopic (exact) mass is 400 g/mol. The van der Waals surface area contributed by atoms with Crippen molar-refractivity contribution in [3.63, 3.8) is 0 Å². The summed E-state index contributed by atoms with van der Waals surface area (Å²) in [5.74, 6) is -0.146. The number of hydrogen-bond acceptors (Lipinski definition) is 2. The molecule has 0 saturated carbocycles. The van der Waals surface area contributed by atoms with Crippen molar-refractivity contribution in [3.05, 3.63) is 95.3 Å². The van der Waals surface area contributed by atoms with Crippen molar-refractivity contribution in [2.45, 2.75) is 25.4 Å². The topological polar surface area (TPSA) is 23.6 Å². The molecule has 1 atom stereocenters. The van der Waals surface area contributed by atoms with Crippen molar-refractivity contribution in [2.24, 2.45) is 0 Å². The third-order valence-corrected chi connectivity index (χ3v) is 6.44. The third kappa shape index (κ3) is 3.75. The molecule has 0 aliphatic carbocycles. The summed E-state index contributed by atoms with van der Waals surface area (Å²) in [6.45, 7) is 3.65. The number of benzene rings is 3. The predicted octanol–water partition coefficient (Wildman–Crippen LogP) is 4.77. The maximum Gasteiger partial charge on any atom is 0.253 e. The van der Waals surface area contributed by atoms with Gasteiger partial charge in [0, 0.05) is 37.8 Å². The van der Waals surface area contributed by atoms with Gasteiger partial charge in [0.2, 0.25) is 0 Å². The molecule has 0 radical (unpaired) electrons. The van der Waals surface area contributed by atoms with Crippen molar-refractivity contribution in [1.82, 2.24) is 9.80 Å². The lowest BCUT2D eigenvalue weighted by molar-refractivity contribution is 0.0773. The first-order chi connectivity index (χ1) is 14.7. The molecule has 4 heteroatoms. The quantitative estimate of drug-likeness (QED) is 0.633. The van der Waals surface area contributed by atoms with Gasteiger partial charge < -0.3 is 4.90 Å². The van der Waals surface area contributed by atoms with Gasteiger partial charge in [-0.25, -0.2) is 4.39 Å². The van der Waals surface area contributed by atoms with Crippen LogP contribution in [0.2, 0.25) is 0 Å². The summed E-state index contributed by atoms with van der Waals surface area (Å²) in [7, 11) is 0. The Morgan fingerprint density at radius 3 is 2.23 bits per heavy atom. The fraction of sp³-hybridized carbons (Fsp3) is 0.269. The van der Waals surface area contributed by atoms with E-state index in [0.717, 1.165) is 50.1 Å². The van der Waals surface area contributed by atoms with E-state index in [9.17, 15) is 9.18 Å². The molecule has 3 aromatic rings. The first kappa shape index (κ1) is 19.0. The lowest BCUT2D eigenvalue weighted by Gasteiger charge is -2.33. The van der Waals surface area contributed by atoms with Crippen molar-refractivity contribution in [2.75, 3.05) is 19.6 Å². The number of likely N-dealkylation sites (tertiary alicyclic amines) is 1. The van der Waals surface area contributed by atoms with E-state index in [0.29, 0.717) is 11.6 Å². The Hall–Kier alpha value is -2.98. The van der Waals surface area contributed by atoms with Gasteiger partial charge in [-0.2, -0.15) is 0 Å². The minimum Gasteiger partial charge on any atom is -0.337 e. The average molecular weight is 400 g/mol. The highest BCUT2D eigenvalue weighted by Crippen LogP contribution is 2.26. The standard InChI is InChI=1S/C26H25FN2O/c27-24-11-9-21(10-12-24)20-5-7-22(8-6-20)26(30)29-16-14-25(18-29)28-15-13-19-3-1-2-4-23(19)17-28/h1-12,25H,13-18H2. The summed E-state index contributed by atoms with van der Waals surface area (Å²) in [6, 6.07) is 23.2. The Labute approximate surface area is 176 Å². The smallest absolute Gasteiger partial charge is 0.253 e. The largest absolute Gasteiger partial charge is 0.337 e. The average Bonchev–Trinajstić information content (AvgIpc) is 3.29. The highest BCUT2D eigenvalue weighted by Gasteiger charge is 2.32. The molecule has 1 amide bonds. The van der Waals surface area contributed by atoms with E-state index in [-0.39, 0.29) is 11.7 Å². The SMILES string of the molecule is O=C(c1ccc(-c2ccc(F)cc2)cc1)N1CCC(N2CCc3ccccc3C2)C1. The molecule has 0 aromatic heterocycles. The van der Waals surface area contributed by atoms with Gasteiger partial charge in [-0.1, -0.05) is 48.5 Å². The Morgan fingerprint density at radius 2 is 1.50 bits per heavy atom. The lowest BCUT2D eigenvalue weighted by atomic mass is 9.98. The number of rotatable bonds is 3. The van der Waals surface area contributed by atoms with Gasteiger partial charge in [-0.15, -0.1) is 0 Å². The van der Waals surface area contributed by atoms with Gasteiger partial charge in [0.1, 0.15) is 5.82 Å². The molecule has 0 spiro atoms. The molecule has 0 bridgehead atoms. The van der Waals surface area contributed by atoms with Gasteiger partial charge in [0.25, 0.3) is 5.91 Å². The van der Waals surface area contributed by atoms with Crippen LogP contribution in [-0.2, 0) is 13.0 Å². The van der Waals surface area contributed by atoms with Gasteiger partial charge in [-0.05, 0) is 59.4 Å². The zero-order valence-corrected chi connectivity index (χ0v) is 16.9. The van der Waals surface area contributed by atoms with Crippen LogP contribution < -0.4 is 0 Å². The first-order valence-electron chi connectivity index (χ1n) is 10.6. The summed E-state index contributed by atoms with van der Waals surface area (Å²) in [6.07, 6.45) is 2.12. The second-order valence-electron chi connectivity index (χ2n) is 8.27. The van der Waals surface area contributed by atoms with E-state index in [2.05, 4.69) is 29.2 Å². The van der Waals surface area contributed by atoms with E-state index in [4.69, 9.17) is 0 Å². The van der Waals surface area contributed by atoms with Crippen LogP contribution >= 0.6 is 0 Å². The van der Waals surface area contributed by atoms with Crippen LogP contribution in [0, 0.1) is 5.82 Å². The molecule has 3 aromatic carbocycles. The lowest BCUT2D eigenvalue weighted by Crippen LogP contribution is -2.41. The van der Waals surface area contributed by atoms with E-state index in [1.165, 1.54) is 23.3 Å². The van der Waals surface area contributed by atoms with Crippen LogP contribution in [0.3, 0.4) is 0 Å². The Morgan fingerprint density at radius 1 is 0.833 bits per heavy atom. The first-order valence-corrected chi connectivity index (χ1v) is 10.6. The molecule has 1 saturated heterocycles. The van der Waals surface area contributed by atoms with Gasteiger partial charge in [0.05, 0.1) is 0 Å². The van der Waals surface area contributed by atoms with Gasteiger partial charge in [-0.3, -0.25) is 9.69 Å². The zero-order chi connectivity index (χ0) is 20.5. The van der Waals surface area contributed by atoms with Crippen molar-refractivity contribution in [1.29, 1.82) is 0 Å². The van der Waals surface area contributed by atoms with Crippen LogP contribution in [-0.4, -0.2) is 41.4 Å². The normalized spacial score (nSPS) is 19.0. The van der Waals surface area contributed by atoms with Crippen LogP contribution in [0.4, 0.5) is 4.39 Å². The number of halogens is 1. The van der Waals surface area contributed by atoms with Gasteiger partial charge in [0.15, 0.2) is 0 Å². The van der Waals surface area contributed by atoms with Crippen LogP contribution in [0.25, 0.3) is 11.1 Å². The number of carbonyl (C=O) groups excluding carboxylic acids is 1. The minimum atomic E-state index is -0.244. The molecule has 2 aliphatic rings. The molecule has 152 valence electrons. The number of carbonyl (C=O) groups is 1. The number of fused-ring (bicyclic) bond motifs is 1. The number of nitrogens with zero attached hydrogens (tertiary/aromatic N) is 2. The maximum atomic E-state index is 13.1. The third-order valence-electron chi connectivity index (χ3n) is 6.44. The van der Waals surface area contributed by atoms with E-state index in [1.54, 1.807) is 12.1 Å². The molecule has 1 fully saturated rings. The molecular formula is C26H25FN2O. The molecule has 2 aliphatic heterocycles. The molecular weight excluding hydrogens is 375 g/mol. The van der Waals surface area contributed by atoms with Gasteiger partial charge >= 0.3 is 0 Å². The van der Waals surface area contributed by atoms with E-state index >= 15 is 0 Å². The molecule has 30 heavy (non-hydrogen) atoms. The number of hydrogen-bond donors (Lipinski definition) is 0. The van der Waals surface area contributed by atoms with Crippen LogP contribution in [0.1, 0.15) is 27.9 Å². The van der Waals surface area contributed by atoms with E-state index < -0.39 is 0 Å². The van der Waals surface area contributed by atoms with Crippen LogP contribution in [0.5, 0.6) is 0 Å². The maximum absolute atomic E-state index is 13.1. The van der Waals surface area contributed by atoms with Crippen molar-refractivity contribution < 1.29 is 9.18 Å². The van der Waals surface area contributed by atoms with Crippen molar-refractivity contribution in [3.8, 4) is 11.1 Å². The Balaban J connectivity index is 1.24. The minimum absolute atomic E-state index is 0.0977. The summed E-state index contributed by atoms with van der Waals surface area (Å²) in [5, 5.41) is 0.